The Morgan fingerprint density at radius 3 is 2.79 bits per heavy atom. The van der Waals surface area contributed by atoms with Crippen molar-refractivity contribution in [2.24, 2.45) is 10.9 Å². The van der Waals surface area contributed by atoms with E-state index in [0.717, 1.165) is 19.4 Å². The third-order valence-corrected chi connectivity index (χ3v) is 3.20. The molecule has 1 heterocycles. The molecule has 0 aromatic heterocycles. The Morgan fingerprint density at radius 1 is 1.50 bits per heavy atom. The van der Waals surface area contributed by atoms with Gasteiger partial charge in [-0.15, -0.1) is 0 Å². The Bertz CT molecular complexity index is 280. The first kappa shape index (κ1) is 9.56. The van der Waals surface area contributed by atoms with Crippen LogP contribution in [0.3, 0.4) is 0 Å². The minimum absolute atomic E-state index is 0.189. The zero-order valence-corrected chi connectivity index (χ0v) is 7.99. The van der Waals surface area contributed by atoms with Crippen molar-refractivity contribution >= 4 is 11.9 Å². The van der Waals surface area contributed by atoms with E-state index in [1.807, 2.05) is 0 Å². The van der Waals surface area contributed by atoms with Crippen LogP contribution >= 0.6 is 0 Å². The molecule has 14 heavy (non-hydrogen) atoms. The Hall–Kier alpha value is -0.990. The molecule has 2 rings (SSSR count). The fraction of sp³-hybridized carbons (Fsp3) is 0.800. The first-order valence-corrected chi connectivity index (χ1v) is 4.95. The maximum Gasteiger partial charge on any atom is 0.235 e. The van der Waals surface area contributed by atoms with Gasteiger partial charge in [0.05, 0.1) is 12.1 Å². The Kier molecular flexibility index (Phi) is 2.48. The average molecular weight is 195 g/mol. The largest absolute Gasteiger partial charge is 0.381 e. The highest BCUT2D eigenvalue weighted by Gasteiger charge is 2.50. The summed E-state index contributed by atoms with van der Waals surface area (Å²) in [5, 5.41) is 0. The lowest BCUT2D eigenvalue weighted by Gasteiger charge is -2.43. The smallest absolute Gasteiger partial charge is 0.235 e. The molecule has 76 valence electrons. The lowest BCUT2D eigenvalue weighted by atomic mass is 9.66. The molecule has 2 fully saturated rings. The third-order valence-electron chi connectivity index (χ3n) is 3.20. The van der Waals surface area contributed by atoms with Crippen molar-refractivity contribution in [1.82, 2.24) is 0 Å². The van der Waals surface area contributed by atoms with Crippen LogP contribution in [-0.2, 0) is 14.3 Å². The molecular weight excluding hydrogens is 182 g/mol. The molecular formula is C10H13NO3. The van der Waals surface area contributed by atoms with Crippen molar-refractivity contribution in [3.05, 3.63) is 0 Å². The van der Waals surface area contributed by atoms with Crippen molar-refractivity contribution < 1.29 is 14.3 Å². The molecule has 0 spiro atoms. The van der Waals surface area contributed by atoms with E-state index in [2.05, 4.69) is 4.99 Å². The summed E-state index contributed by atoms with van der Waals surface area (Å²) in [5.41, 5.74) is -0.459. The molecule has 1 atom stereocenters. The molecule has 1 saturated heterocycles. The molecule has 1 aliphatic carbocycles. The predicted octanol–water partition coefficient (Wildman–Crippen LogP) is 0.850. The first-order valence-electron chi connectivity index (χ1n) is 4.95. The van der Waals surface area contributed by atoms with Gasteiger partial charge in [-0.1, -0.05) is 0 Å². The molecule has 1 saturated carbocycles. The summed E-state index contributed by atoms with van der Waals surface area (Å²) in [6.45, 7) is 1.41. The van der Waals surface area contributed by atoms with E-state index in [0.29, 0.717) is 19.4 Å². The van der Waals surface area contributed by atoms with Crippen LogP contribution in [0.25, 0.3) is 0 Å². The van der Waals surface area contributed by atoms with E-state index in [4.69, 9.17) is 4.74 Å². The van der Waals surface area contributed by atoms with Crippen molar-refractivity contribution in [2.45, 2.75) is 31.2 Å². The number of ether oxygens (including phenoxy) is 1. The van der Waals surface area contributed by atoms with E-state index in [1.165, 1.54) is 0 Å². The van der Waals surface area contributed by atoms with Gasteiger partial charge in [0.1, 0.15) is 5.78 Å². The van der Waals surface area contributed by atoms with Crippen LogP contribution in [0.15, 0.2) is 4.99 Å². The molecule has 0 bridgehead atoms. The standard InChI is InChI=1S/C10H13NO3/c12-7-11-10(4-9(13)5-10)8-2-1-3-14-6-8/h8H,1-6H2. The van der Waals surface area contributed by atoms with Gasteiger partial charge in [0.2, 0.25) is 6.08 Å². The highest BCUT2D eigenvalue weighted by Crippen LogP contribution is 2.42. The predicted molar refractivity (Wildman–Crippen MR) is 48.6 cm³/mol. The maximum absolute atomic E-state index is 11.0. The number of carbonyl (C=O) groups excluding carboxylic acids is 2. The van der Waals surface area contributed by atoms with Gasteiger partial charge in [0.15, 0.2) is 0 Å². The lowest BCUT2D eigenvalue weighted by molar-refractivity contribution is -0.131. The molecule has 1 unspecified atom stereocenters. The van der Waals surface area contributed by atoms with Crippen LogP contribution < -0.4 is 0 Å². The summed E-state index contributed by atoms with van der Waals surface area (Å²) in [7, 11) is 0. The highest BCUT2D eigenvalue weighted by atomic mass is 16.5. The van der Waals surface area contributed by atoms with Gasteiger partial charge in [-0.2, -0.15) is 4.99 Å². The number of ketones is 1. The summed E-state index contributed by atoms with van der Waals surface area (Å²) in [4.78, 5) is 25.1. The Labute approximate surface area is 82.3 Å². The van der Waals surface area contributed by atoms with Gasteiger partial charge in [-0.3, -0.25) is 4.79 Å². The van der Waals surface area contributed by atoms with Crippen LogP contribution in [0.5, 0.6) is 0 Å². The van der Waals surface area contributed by atoms with Gasteiger partial charge in [-0.05, 0) is 12.8 Å². The van der Waals surface area contributed by atoms with Gasteiger partial charge < -0.3 is 4.74 Å². The van der Waals surface area contributed by atoms with Gasteiger partial charge >= 0.3 is 0 Å². The van der Waals surface area contributed by atoms with E-state index in [9.17, 15) is 9.59 Å². The SMILES string of the molecule is O=C=NC1(C2CCCOC2)CC(=O)C1. The summed E-state index contributed by atoms with van der Waals surface area (Å²) < 4.78 is 5.34. The minimum Gasteiger partial charge on any atom is -0.381 e. The number of aliphatic imine (C=N–C) groups is 1. The zero-order chi connectivity index (χ0) is 10.0. The lowest BCUT2D eigenvalue weighted by Crippen LogP contribution is -2.51. The molecule has 0 radical (unpaired) electrons. The average Bonchev–Trinajstić information content (AvgIpc) is 2.17. The van der Waals surface area contributed by atoms with E-state index >= 15 is 0 Å². The first-order chi connectivity index (χ1) is 6.77. The van der Waals surface area contributed by atoms with Crippen molar-refractivity contribution in [1.29, 1.82) is 0 Å². The highest BCUT2D eigenvalue weighted by molar-refractivity contribution is 5.88. The number of Topliss-reactive ketones (excluding diaryl/α,β-unsaturated/α-hetero) is 1. The molecule has 0 aromatic carbocycles. The maximum atomic E-state index is 11.0. The molecule has 4 nitrogen and oxygen atoms in total. The van der Waals surface area contributed by atoms with Gasteiger partial charge in [-0.25, -0.2) is 4.79 Å². The van der Waals surface area contributed by atoms with Crippen LogP contribution in [0, 0.1) is 5.92 Å². The van der Waals surface area contributed by atoms with Crippen molar-refractivity contribution in [2.75, 3.05) is 13.2 Å². The summed E-state index contributed by atoms with van der Waals surface area (Å²) in [6.07, 6.45) is 4.39. The van der Waals surface area contributed by atoms with Crippen molar-refractivity contribution in [3.63, 3.8) is 0 Å². The number of nitrogens with zero attached hydrogens (tertiary/aromatic N) is 1. The summed E-state index contributed by atoms with van der Waals surface area (Å²) in [6, 6.07) is 0. The fourth-order valence-corrected chi connectivity index (χ4v) is 2.35. The van der Waals surface area contributed by atoms with E-state index in [-0.39, 0.29) is 11.7 Å². The van der Waals surface area contributed by atoms with Gasteiger partial charge in [0.25, 0.3) is 0 Å². The number of rotatable bonds is 2. The molecule has 2 aliphatic rings. The number of hydrogen-bond acceptors (Lipinski definition) is 4. The Balaban J connectivity index is 2.10. The normalized spacial score (nSPS) is 30.3. The summed E-state index contributed by atoms with van der Waals surface area (Å²) in [5.74, 6) is 0.421. The molecule has 0 amide bonds. The fourth-order valence-electron chi connectivity index (χ4n) is 2.35. The zero-order valence-electron chi connectivity index (χ0n) is 7.99. The molecule has 1 aliphatic heterocycles. The van der Waals surface area contributed by atoms with Crippen LogP contribution in [0.2, 0.25) is 0 Å². The monoisotopic (exact) mass is 195 g/mol. The third kappa shape index (κ3) is 1.51. The Morgan fingerprint density at radius 2 is 2.29 bits per heavy atom. The topological polar surface area (TPSA) is 55.7 Å². The van der Waals surface area contributed by atoms with Gasteiger partial charge in [0, 0.05) is 25.4 Å². The van der Waals surface area contributed by atoms with Crippen LogP contribution in [-0.4, -0.2) is 30.6 Å². The van der Waals surface area contributed by atoms with Crippen molar-refractivity contribution in [3.8, 4) is 0 Å². The van der Waals surface area contributed by atoms with E-state index in [1.54, 1.807) is 6.08 Å². The minimum atomic E-state index is -0.459. The molecule has 0 aromatic rings. The second kappa shape index (κ2) is 3.64. The second-order valence-electron chi connectivity index (χ2n) is 4.11. The quantitative estimate of drug-likeness (QED) is 0.485. The van der Waals surface area contributed by atoms with Crippen LogP contribution in [0.4, 0.5) is 0 Å². The second-order valence-corrected chi connectivity index (χ2v) is 4.11. The summed E-state index contributed by atoms with van der Waals surface area (Å²) >= 11 is 0. The number of hydrogen-bond donors (Lipinski definition) is 0. The molecule has 4 heteroatoms. The number of isocyanates is 1. The van der Waals surface area contributed by atoms with Crippen LogP contribution in [0.1, 0.15) is 25.7 Å². The number of carbonyl (C=O) groups is 1. The van der Waals surface area contributed by atoms with E-state index < -0.39 is 5.54 Å². The molecule has 0 N–H and O–H groups in total.